The van der Waals surface area contributed by atoms with Crippen LogP contribution in [-0.4, -0.2) is 17.1 Å². The Labute approximate surface area is 89.0 Å². The average molecular weight is 228 g/mol. The Morgan fingerprint density at radius 1 is 1.19 bits per heavy atom. The first kappa shape index (κ1) is 10.9. The van der Waals surface area contributed by atoms with Gasteiger partial charge in [-0.1, -0.05) is 24.3 Å². The molecule has 1 aliphatic carbocycles. The highest BCUT2D eigenvalue weighted by atomic mass is 19.4. The van der Waals surface area contributed by atoms with E-state index in [1.165, 1.54) is 18.2 Å². The predicted molar refractivity (Wildman–Crippen MR) is 49.9 cm³/mol. The monoisotopic (exact) mass is 228 g/mol. The van der Waals surface area contributed by atoms with E-state index in [1.807, 2.05) is 0 Å². The number of benzene rings is 1. The molecule has 2 rings (SSSR count). The number of hydrogen-bond acceptors (Lipinski definition) is 2. The molecule has 1 unspecified atom stereocenters. The Hall–Kier alpha value is -1.62. The minimum Gasteiger partial charge on any atom is -0.373 e. The van der Waals surface area contributed by atoms with Crippen LogP contribution in [0, 0.1) is 0 Å². The summed E-state index contributed by atoms with van der Waals surface area (Å²) in [6.45, 7) is 0. The maximum Gasteiger partial charge on any atom is 0.425 e. The van der Waals surface area contributed by atoms with E-state index in [0.29, 0.717) is 6.08 Å². The summed E-state index contributed by atoms with van der Waals surface area (Å²) in [4.78, 5) is 11.3. The first-order chi connectivity index (χ1) is 7.36. The zero-order valence-electron chi connectivity index (χ0n) is 7.95. The van der Waals surface area contributed by atoms with Crippen LogP contribution in [0.5, 0.6) is 0 Å². The molecule has 1 atom stereocenters. The minimum atomic E-state index is -4.85. The highest BCUT2D eigenvalue weighted by molar-refractivity contribution is 6.07. The lowest BCUT2D eigenvalue weighted by molar-refractivity contribution is -0.245. The molecule has 0 amide bonds. The van der Waals surface area contributed by atoms with Crippen molar-refractivity contribution in [2.24, 2.45) is 0 Å². The molecule has 0 radical (unpaired) electrons. The first-order valence-corrected chi connectivity index (χ1v) is 4.48. The third kappa shape index (κ3) is 1.36. The van der Waals surface area contributed by atoms with Gasteiger partial charge in [-0.25, -0.2) is 0 Å². The quantitative estimate of drug-likeness (QED) is 0.739. The molecule has 0 spiro atoms. The van der Waals surface area contributed by atoms with Crippen molar-refractivity contribution in [1.82, 2.24) is 0 Å². The molecule has 1 N–H and O–H groups in total. The van der Waals surface area contributed by atoms with Gasteiger partial charge >= 0.3 is 6.18 Å². The van der Waals surface area contributed by atoms with Crippen LogP contribution < -0.4 is 0 Å². The third-order valence-corrected chi connectivity index (χ3v) is 2.51. The fraction of sp³-hybridized carbons (Fsp3) is 0.182. The van der Waals surface area contributed by atoms with Crippen molar-refractivity contribution < 1.29 is 23.1 Å². The van der Waals surface area contributed by atoms with Gasteiger partial charge < -0.3 is 5.11 Å². The second-order valence-corrected chi connectivity index (χ2v) is 3.51. The van der Waals surface area contributed by atoms with Crippen LogP contribution in [0.3, 0.4) is 0 Å². The summed E-state index contributed by atoms with van der Waals surface area (Å²) < 4.78 is 38.2. The lowest BCUT2D eigenvalue weighted by atomic mass is 9.83. The Balaban J connectivity index is 2.69. The number of allylic oxidation sites excluding steroid dienone is 1. The minimum absolute atomic E-state index is 0.121. The number of rotatable bonds is 0. The van der Waals surface area contributed by atoms with Crippen LogP contribution in [0.25, 0.3) is 0 Å². The molecule has 0 fully saturated rings. The van der Waals surface area contributed by atoms with Crippen LogP contribution in [-0.2, 0) is 5.60 Å². The second kappa shape index (κ2) is 3.18. The molecule has 2 nitrogen and oxygen atoms in total. The largest absolute Gasteiger partial charge is 0.425 e. The Morgan fingerprint density at radius 2 is 1.81 bits per heavy atom. The Kier molecular flexibility index (Phi) is 2.17. The van der Waals surface area contributed by atoms with Crippen LogP contribution in [0.1, 0.15) is 15.9 Å². The molecule has 0 saturated heterocycles. The number of carbonyl (C=O) groups excluding carboxylic acids is 1. The summed E-state index contributed by atoms with van der Waals surface area (Å²) in [7, 11) is 0. The van der Waals surface area contributed by atoms with Crippen molar-refractivity contribution in [3.8, 4) is 0 Å². The molecule has 0 saturated carbocycles. The zero-order chi connectivity index (χ0) is 12.0. The number of carbonyl (C=O) groups is 1. The summed E-state index contributed by atoms with van der Waals surface area (Å²) in [6.07, 6.45) is -3.62. The Bertz CT molecular complexity index is 476. The topological polar surface area (TPSA) is 37.3 Å². The standard InChI is InChI=1S/C11H7F3O2/c12-11(13,14)10(16)6-5-9(15)7-3-1-2-4-8(7)10/h1-6,16H. The maximum atomic E-state index is 12.7. The van der Waals surface area contributed by atoms with E-state index in [9.17, 15) is 23.1 Å². The van der Waals surface area contributed by atoms with Crippen molar-refractivity contribution in [3.05, 3.63) is 47.5 Å². The summed E-state index contributed by atoms with van der Waals surface area (Å²) in [5, 5.41) is 9.61. The fourth-order valence-electron chi connectivity index (χ4n) is 1.65. The molecule has 0 bridgehead atoms. The predicted octanol–water partition coefficient (Wildman–Crippen LogP) is 2.19. The molecule has 84 valence electrons. The number of aliphatic hydroxyl groups is 1. The van der Waals surface area contributed by atoms with Crippen molar-refractivity contribution in [1.29, 1.82) is 0 Å². The zero-order valence-corrected chi connectivity index (χ0v) is 7.95. The fourth-order valence-corrected chi connectivity index (χ4v) is 1.65. The Morgan fingerprint density at radius 3 is 2.44 bits per heavy atom. The third-order valence-electron chi connectivity index (χ3n) is 2.51. The van der Waals surface area contributed by atoms with Gasteiger partial charge in [0.2, 0.25) is 5.60 Å². The lowest BCUT2D eigenvalue weighted by Crippen LogP contribution is -2.43. The van der Waals surface area contributed by atoms with Gasteiger partial charge in [-0.2, -0.15) is 13.2 Å². The number of halogens is 3. The van der Waals surface area contributed by atoms with Gasteiger partial charge in [0, 0.05) is 11.1 Å². The van der Waals surface area contributed by atoms with Crippen molar-refractivity contribution in [3.63, 3.8) is 0 Å². The molecule has 0 aromatic heterocycles. The SMILES string of the molecule is O=C1C=CC(O)(C(F)(F)F)c2ccccc21. The maximum absolute atomic E-state index is 12.7. The average Bonchev–Trinajstić information content (AvgIpc) is 2.23. The molecule has 0 heterocycles. The molecule has 1 aromatic carbocycles. The molecule has 1 aliphatic rings. The summed E-state index contributed by atoms with van der Waals surface area (Å²) >= 11 is 0. The van der Waals surface area contributed by atoms with Gasteiger partial charge in [0.05, 0.1) is 0 Å². The van der Waals surface area contributed by atoms with Gasteiger partial charge in [-0.15, -0.1) is 0 Å². The molecule has 16 heavy (non-hydrogen) atoms. The molecular weight excluding hydrogens is 221 g/mol. The number of hydrogen-bond donors (Lipinski definition) is 1. The molecule has 1 aromatic rings. The summed E-state index contributed by atoms with van der Waals surface area (Å²) in [5.41, 5.74) is -3.61. The van der Waals surface area contributed by atoms with E-state index >= 15 is 0 Å². The summed E-state index contributed by atoms with van der Waals surface area (Å²) in [5.74, 6) is -0.537. The molecule has 5 heteroatoms. The molecule has 0 aliphatic heterocycles. The summed E-state index contributed by atoms with van der Waals surface area (Å²) in [6, 6.07) is 5.16. The van der Waals surface area contributed by atoms with Crippen LogP contribution in [0.2, 0.25) is 0 Å². The van der Waals surface area contributed by atoms with E-state index < -0.39 is 23.1 Å². The highest BCUT2D eigenvalue weighted by Gasteiger charge is 2.55. The van der Waals surface area contributed by atoms with E-state index in [0.717, 1.165) is 12.1 Å². The van der Waals surface area contributed by atoms with Gasteiger partial charge in [-0.05, 0) is 12.2 Å². The first-order valence-electron chi connectivity index (χ1n) is 4.48. The van der Waals surface area contributed by atoms with E-state index in [1.54, 1.807) is 0 Å². The van der Waals surface area contributed by atoms with Gasteiger partial charge in [-0.3, -0.25) is 4.79 Å². The van der Waals surface area contributed by atoms with Gasteiger partial charge in [0.15, 0.2) is 5.78 Å². The van der Waals surface area contributed by atoms with Crippen molar-refractivity contribution >= 4 is 5.78 Å². The number of ketones is 1. The van der Waals surface area contributed by atoms with Gasteiger partial charge in [0.1, 0.15) is 0 Å². The van der Waals surface area contributed by atoms with E-state index in [2.05, 4.69) is 0 Å². The van der Waals surface area contributed by atoms with Crippen LogP contribution in [0.4, 0.5) is 13.2 Å². The highest BCUT2D eigenvalue weighted by Crippen LogP contribution is 2.43. The van der Waals surface area contributed by atoms with Gasteiger partial charge in [0.25, 0.3) is 0 Å². The van der Waals surface area contributed by atoms with Crippen LogP contribution >= 0.6 is 0 Å². The molecular formula is C11H7F3O2. The van der Waals surface area contributed by atoms with E-state index in [-0.39, 0.29) is 5.56 Å². The normalized spacial score (nSPS) is 24.4. The second-order valence-electron chi connectivity index (χ2n) is 3.51. The lowest BCUT2D eigenvalue weighted by Gasteiger charge is -2.31. The number of fused-ring (bicyclic) bond motifs is 1. The van der Waals surface area contributed by atoms with Crippen LogP contribution in [0.15, 0.2) is 36.4 Å². The van der Waals surface area contributed by atoms with Crippen molar-refractivity contribution in [2.75, 3.05) is 0 Å². The smallest absolute Gasteiger partial charge is 0.373 e. The van der Waals surface area contributed by atoms with E-state index in [4.69, 9.17) is 0 Å². The van der Waals surface area contributed by atoms with Crippen molar-refractivity contribution in [2.45, 2.75) is 11.8 Å². The number of alkyl halides is 3.